The van der Waals surface area contributed by atoms with Crippen LogP contribution in [0.5, 0.6) is 0 Å². The molecule has 4 rings (SSSR count). The number of para-hydroxylation sites is 1. The minimum atomic E-state index is -3.73. The summed E-state index contributed by atoms with van der Waals surface area (Å²) in [6.45, 7) is 4.55. The fourth-order valence-corrected chi connectivity index (χ4v) is 5.52. The van der Waals surface area contributed by atoms with Gasteiger partial charge in [0.1, 0.15) is 10.6 Å². The van der Waals surface area contributed by atoms with Crippen LogP contribution in [0.25, 0.3) is 10.9 Å². The molecule has 0 saturated carbocycles. The highest BCUT2D eigenvalue weighted by atomic mass is 32.2. The summed E-state index contributed by atoms with van der Waals surface area (Å²) in [5.74, 6) is 0.146. The van der Waals surface area contributed by atoms with Gasteiger partial charge < -0.3 is 9.42 Å². The largest absolute Gasteiger partial charge is 0.360 e. The van der Waals surface area contributed by atoms with E-state index in [4.69, 9.17) is 4.52 Å². The molecule has 2 aromatic heterocycles. The lowest BCUT2D eigenvalue weighted by molar-refractivity contribution is 0.0766. The summed E-state index contributed by atoms with van der Waals surface area (Å²) >= 11 is 0. The molecule has 0 atom stereocenters. The van der Waals surface area contributed by atoms with Gasteiger partial charge in [-0.25, -0.2) is 8.42 Å². The van der Waals surface area contributed by atoms with Gasteiger partial charge in [-0.1, -0.05) is 23.4 Å². The number of hydrogen-bond acceptors (Lipinski definition) is 6. The van der Waals surface area contributed by atoms with Gasteiger partial charge in [0.15, 0.2) is 5.76 Å². The zero-order valence-electron chi connectivity index (χ0n) is 16.3. The number of benzene rings is 1. The second-order valence-corrected chi connectivity index (χ2v) is 8.96. The van der Waals surface area contributed by atoms with Crippen LogP contribution in [0.1, 0.15) is 28.2 Å². The van der Waals surface area contributed by atoms with E-state index < -0.39 is 10.0 Å². The van der Waals surface area contributed by atoms with Crippen molar-refractivity contribution in [3.63, 3.8) is 0 Å². The van der Waals surface area contributed by atoms with Gasteiger partial charge in [0, 0.05) is 37.8 Å². The summed E-state index contributed by atoms with van der Waals surface area (Å²) in [5, 5.41) is 4.66. The summed E-state index contributed by atoms with van der Waals surface area (Å²) in [5.41, 5.74) is 1.54. The maximum atomic E-state index is 13.2. The highest BCUT2D eigenvalue weighted by molar-refractivity contribution is 7.89. The first kappa shape index (κ1) is 19.5. The van der Waals surface area contributed by atoms with Crippen LogP contribution in [-0.4, -0.2) is 59.8 Å². The molecular weight excluding hydrogens is 392 g/mol. The molecule has 0 aliphatic carbocycles. The second-order valence-electron chi connectivity index (χ2n) is 7.08. The number of sulfonamides is 1. The number of aryl methyl sites for hydroxylation is 2. The number of carbonyl (C=O) groups excluding carboxylic acids is 1. The predicted octanol–water partition coefficient (Wildman–Crippen LogP) is 2.38. The Labute approximate surface area is 169 Å². The molecule has 1 aliphatic heterocycles. The smallest absolute Gasteiger partial charge is 0.256 e. The molecule has 29 heavy (non-hydrogen) atoms. The van der Waals surface area contributed by atoms with Gasteiger partial charge in [-0.05, 0) is 32.4 Å². The molecular formula is C20H22N4O4S. The molecule has 0 N–H and O–H groups in total. The molecule has 8 nitrogen and oxygen atoms in total. The average Bonchev–Trinajstić information content (AvgIpc) is 2.92. The quantitative estimate of drug-likeness (QED) is 0.653. The van der Waals surface area contributed by atoms with Crippen molar-refractivity contribution in [1.29, 1.82) is 0 Å². The Bertz CT molecular complexity index is 1150. The Morgan fingerprint density at radius 1 is 1.07 bits per heavy atom. The highest BCUT2D eigenvalue weighted by Crippen LogP contribution is 2.25. The topological polar surface area (TPSA) is 96.6 Å². The predicted molar refractivity (Wildman–Crippen MR) is 107 cm³/mol. The Morgan fingerprint density at radius 2 is 1.86 bits per heavy atom. The fraction of sp³-hybridized carbons (Fsp3) is 0.350. The van der Waals surface area contributed by atoms with Crippen molar-refractivity contribution in [2.45, 2.75) is 25.2 Å². The number of nitrogens with zero attached hydrogens (tertiary/aromatic N) is 4. The summed E-state index contributed by atoms with van der Waals surface area (Å²) in [7, 11) is -3.73. The van der Waals surface area contributed by atoms with Crippen LogP contribution in [0.15, 0.2) is 45.9 Å². The number of aromatic nitrogens is 2. The summed E-state index contributed by atoms with van der Waals surface area (Å²) in [4.78, 5) is 19.3. The van der Waals surface area contributed by atoms with E-state index >= 15 is 0 Å². The van der Waals surface area contributed by atoms with Crippen LogP contribution < -0.4 is 0 Å². The summed E-state index contributed by atoms with van der Waals surface area (Å²) < 4.78 is 32.6. The number of carbonyl (C=O) groups is 1. The van der Waals surface area contributed by atoms with E-state index in [0.29, 0.717) is 42.8 Å². The third-order valence-corrected chi connectivity index (χ3v) is 7.31. The molecule has 1 saturated heterocycles. The average molecular weight is 414 g/mol. The third-order valence-electron chi connectivity index (χ3n) is 5.17. The van der Waals surface area contributed by atoms with Gasteiger partial charge in [-0.2, -0.15) is 4.31 Å². The van der Waals surface area contributed by atoms with Crippen LogP contribution in [0, 0.1) is 13.8 Å². The van der Waals surface area contributed by atoms with E-state index in [0.717, 1.165) is 5.39 Å². The van der Waals surface area contributed by atoms with E-state index in [1.807, 2.05) is 24.3 Å². The molecule has 0 radical (unpaired) electrons. The highest BCUT2D eigenvalue weighted by Gasteiger charge is 2.33. The van der Waals surface area contributed by atoms with E-state index in [1.165, 1.54) is 4.31 Å². The molecule has 1 fully saturated rings. The minimum Gasteiger partial charge on any atom is -0.360 e. The standard InChI is InChI=1S/C20H22N4O4S/c1-14-19(15(2)28-22-14)29(26,27)24-11-5-10-23(12-13-24)20(25)17-8-3-6-16-7-4-9-21-18(16)17/h3-4,6-9H,5,10-13H2,1-2H3. The van der Waals surface area contributed by atoms with Crippen molar-refractivity contribution < 1.29 is 17.7 Å². The van der Waals surface area contributed by atoms with Gasteiger partial charge in [-0.3, -0.25) is 9.78 Å². The zero-order valence-corrected chi connectivity index (χ0v) is 17.1. The molecule has 9 heteroatoms. The fourth-order valence-electron chi connectivity index (χ4n) is 3.76. The monoisotopic (exact) mass is 414 g/mol. The van der Waals surface area contributed by atoms with Crippen molar-refractivity contribution in [3.8, 4) is 0 Å². The second kappa shape index (κ2) is 7.57. The Balaban J connectivity index is 1.57. The Kier molecular flexibility index (Phi) is 5.10. The molecule has 1 amide bonds. The Hall–Kier alpha value is -2.78. The van der Waals surface area contributed by atoms with Crippen LogP contribution in [0.2, 0.25) is 0 Å². The third kappa shape index (κ3) is 3.51. The summed E-state index contributed by atoms with van der Waals surface area (Å²) in [6, 6.07) is 9.27. The minimum absolute atomic E-state index is 0.121. The molecule has 0 unspecified atom stereocenters. The van der Waals surface area contributed by atoms with Gasteiger partial charge in [0.2, 0.25) is 10.0 Å². The van der Waals surface area contributed by atoms with Crippen molar-refractivity contribution in [2.24, 2.45) is 0 Å². The molecule has 0 bridgehead atoms. The SMILES string of the molecule is Cc1noc(C)c1S(=O)(=O)N1CCCN(C(=O)c2cccc3cccnc23)CC1. The molecule has 1 aliphatic rings. The number of amides is 1. The molecule has 3 heterocycles. The number of fused-ring (bicyclic) bond motifs is 1. The Morgan fingerprint density at radius 3 is 2.62 bits per heavy atom. The van der Waals surface area contributed by atoms with Crippen molar-refractivity contribution in [2.75, 3.05) is 26.2 Å². The van der Waals surface area contributed by atoms with Crippen LogP contribution in [0.3, 0.4) is 0 Å². The molecule has 1 aromatic carbocycles. The van der Waals surface area contributed by atoms with E-state index in [-0.39, 0.29) is 23.1 Å². The van der Waals surface area contributed by atoms with Gasteiger partial charge >= 0.3 is 0 Å². The lowest BCUT2D eigenvalue weighted by atomic mass is 10.1. The van der Waals surface area contributed by atoms with Crippen LogP contribution in [-0.2, 0) is 10.0 Å². The van der Waals surface area contributed by atoms with Crippen molar-refractivity contribution in [1.82, 2.24) is 19.3 Å². The summed E-state index contributed by atoms with van der Waals surface area (Å²) in [6.07, 6.45) is 2.21. The van der Waals surface area contributed by atoms with E-state index in [2.05, 4.69) is 10.1 Å². The lowest BCUT2D eigenvalue weighted by Crippen LogP contribution is -2.37. The van der Waals surface area contributed by atoms with Crippen molar-refractivity contribution in [3.05, 3.63) is 53.5 Å². The normalized spacial score (nSPS) is 16.1. The number of rotatable bonds is 3. The van der Waals surface area contributed by atoms with Gasteiger partial charge in [0.25, 0.3) is 5.91 Å². The van der Waals surface area contributed by atoms with E-state index in [1.54, 1.807) is 31.0 Å². The van der Waals surface area contributed by atoms with Gasteiger partial charge in [-0.15, -0.1) is 0 Å². The number of hydrogen-bond donors (Lipinski definition) is 0. The maximum absolute atomic E-state index is 13.2. The lowest BCUT2D eigenvalue weighted by Gasteiger charge is -2.22. The zero-order chi connectivity index (χ0) is 20.6. The maximum Gasteiger partial charge on any atom is 0.256 e. The van der Waals surface area contributed by atoms with Gasteiger partial charge in [0.05, 0.1) is 11.1 Å². The molecule has 0 spiro atoms. The number of pyridine rings is 1. The van der Waals surface area contributed by atoms with Crippen LogP contribution in [0.4, 0.5) is 0 Å². The van der Waals surface area contributed by atoms with E-state index in [9.17, 15) is 13.2 Å². The molecule has 152 valence electrons. The first-order chi connectivity index (χ1) is 13.9. The molecule has 3 aromatic rings. The first-order valence-electron chi connectivity index (χ1n) is 9.45. The first-order valence-corrected chi connectivity index (χ1v) is 10.9. The van der Waals surface area contributed by atoms with Crippen LogP contribution >= 0.6 is 0 Å². The van der Waals surface area contributed by atoms with Crippen molar-refractivity contribution >= 4 is 26.8 Å².